The fourth-order valence-corrected chi connectivity index (χ4v) is 8.78. The van der Waals surface area contributed by atoms with Gasteiger partial charge in [0.15, 0.2) is 0 Å². The summed E-state index contributed by atoms with van der Waals surface area (Å²) in [6.45, 7) is 19.4. The van der Waals surface area contributed by atoms with E-state index in [0.29, 0.717) is 16.7 Å². The van der Waals surface area contributed by atoms with Crippen molar-refractivity contribution in [2.24, 2.45) is 39.4 Å². The zero-order valence-electron chi connectivity index (χ0n) is 21.6. The monoisotopic (exact) mass is 424 g/mol. The number of fused-ring (bicyclic) bond motifs is 5. The average Bonchev–Trinajstić information content (AvgIpc) is 2.96. The van der Waals surface area contributed by atoms with Gasteiger partial charge in [-0.1, -0.05) is 65.3 Å². The van der Waals surface area contributed by atoms with Crippen LogP contribution in [-0.2, 0) is 0 Å². The minimum absolute atomic E-state index is 0.00478. The highest BCUT2D eigenvalue weighted by Crippen LogP contribution is 2.71. The van der Waals surface area contributed by atoms with Crippen LogP contribution in [0.15, 0.2) is 34.9 Å². The molecule has 31 heavy (non-hydrogen) atoms. The summed E-state index contributed by atoms with van der Waals surface area (Å²) in [4.78, 5) is 0. The lowest BCUT2D eigenvalue weighted by Crippen LogP contribution is -2.54. The molecule has 1 heteroatoms. The first-order chi connectivity index (χ1) is 14.4. The van der Waals surface area contributed by atoms with Gasteiger partial charge >= 0.3 is 0 Å². The van der Waals surface area contributed by atoms with Gasteiger partial charge < -0.3 is 5.11 Å². The Balaban J connectivity index is 1.66. The van der Waals surface area contributed by atoms with Crippen LogP contribution in [0.1, 0.15) is 107 Å². The van der Waals surface area contributed by atoms with Gasteiger partial charge in [0.05, 0.1) is 6.10 Å². The van der Waals surface area contributed by atoms with E-state index in [4.69, 9.17) is 0 Å². The molecule has 0 aliphatic heterocycles. The molecule has 0 aromatic carbocycles. The number of allylic oxidation sites excluding steroid dienone is 6. The van der Waals surface area contributed by atoms with Crippen molar-refractivity contribution in [3.8, 4) is 0 Å². The number of rotatable bonds is 4. The lowest BCUT2D eigenvalue weighted by atomic mass is 9.44. The maximum atomic E-state index is 10.8. The van der Waals surface area contributed by atoms with Crippen LogP contribution in [0.4, 0.5) is 0 Å². The van der Waals surface area contributed by atoms with Crippen LogP contribution in [0, 0.1) is 39.4 Å². The zero-order valence-corrected chi connectivity index (χ0v) is 21.6. The van der Waals surface area contributed by atoms with E-state index in [9.17, 15) is 5.11 Å². The first-order valence-electron chi connectivity index (χ1n) is 13.1. The van der Waals surface area contributed by atoms with Crippen molar-refractivity contribution in [2.45, 2.75) is 113 Å². The number of hydrogen-bond acceptors (Lipinski definition) is 1. The molecule has 0 aromatic heterocycles. The van der Waals surface area contributed by atoms with Crippen LogP contribution in [0.2, 0.25) is 0 Å². The Hall–Kier alpha value is -0.820. The maximum Gasteiger partial charge on any atom is 0.0594 e. The topological polar surface area (TPSA) is 20.2 Å². The molecular formula is C30H48O. The van der Waals surface area contributed by atoms with Crippen molar-refractivity contribution < 1.29 is 5.11 Å². The summed E-state index contributed by atoms with van der Waals surface area (Å²) in [7, 11) is 0. The Morgan fingerprint density at radius 3 is 2.45 bits per heavy atom. The van der Waals surface area contributed by atoms with Crippen molar-refractivity contribution in [1.29, 1.82) is 0 Å². The molecule has 2 fully saturated rings. The smallest absolute Gasteiger partial charge is 0.0594 e. The molecule has 0 aromatic rings. The molecule has 0 spiro atoms. The van der Waals surface area contributed by atoms with Crippen LogP contribution in [0.3, 0.4) is 0 Å². The normalized spacial score (nSPS) is 44.4. The lowest BCUT2D eigenvalue weighted by Gasteiger charge is -2.61. The van der Waals surface area contributed by atoms with Gasteiger partial charge in [0.25, 0.3) is 0 Å². The molecule has 4 aliphatic carbocycles. The highest BCUT2D eigenvalue weighted by Gasteiger charge is 2.62. The van der Waals surface area contributed by atoms with Gasteiger partial charge in [0.1, 0.15) is 0 Å². The summed E-state index contributed by atoms with van der Waals surface area (Å²) in [6, 6.07) is 0. The molecule has 7 unspecified atom stereocenters. The summed E-state index contributed by atoms with van der Waals surface area (Å²) in [6.07, 6.45) is 17.3. The van der Waals surface area contributed by atoms with Crippen LogP contribution in [-0.4, -0.2) is 11.2 Å². The fourth-order valence-electron chi connectivity index (χ4n) is 8.78. The van der Waals surface area contributed by atoms with Gasteiger partial charge in [0, 0.05) is 0 Å². The molecular weight excluding hydrogens is 376 g/mol. The molecule has 4 aliphatic rings. The third-order valence-electron chi connectivity index (χ3n) is 11.1. The van der Waals surface area contributed by atoms with E-state index < -0.39 is 0 Å². The zero-order chi connectivity index (χ0) is 22.8. The van der Waals surface area contributed by atoms with E-state index in [1.165, 1.54) is 37.7 Å². The number of aliphatic hydroxyl groups is 1. The lowest BCUT2D eigenvalue weighted by molar-refractivity contribution is -0.0851. The van der Waals surface area contributed by atoms with E-state index in [0.717, 1.165) is 31.1 Å². The molecule has 174 valence electrons. The van der Waals surface area contributed by atoms with E-state index in [1.807, 2.05) is 0 Å². The first kappa shape index (κ1) is 23.3. The van der Waals surface area contributed by atoms with E-state index >= 15 is 0 Å². The Kier molecular flexibility index (Phi) is 5.73. The molecule has 2 saturated carbocycles. The van der Waals surface area contributed by atoms with Crippen molar-refractivity contribution in [2.75, 3.05) is 0 Å². The predicted molar refractivity (Wildman–Crippen MR) is 133 cm³/mol. The largest absolute Gasteiger partial charge is 0.393 e. The quantitative estimate of drug-likeness (QED) is 0.450. The average molecular weight is 425 g/mol. The highest BCUT2D eigenvalue weighted by molar-refractivity contribution is 5.49. The van der Waals surface area contributed by atoms with Crippen LogP contribution in [0.5, 0.6) is 0 Å². The van der Waals surface area contributed by atoms with Crippen molar-refractivity contribution in [3.05, 3.63) is 34.9 Å². The molecule has 4 rings (SSSR count). The first-order valence-corrected chi connectivity index (χ1v) is 13.1. The molecule has 0 heterocycles. The maximum absolute atomic E-state index is 10.8. The van der Waals surface area contributed by atoms with E-state index in [2.05, 4.69) is 73.6 Å². The molecule has 0 bridgehead atoms. The third kappa shape index (κ3) is 3.27. The summed E-state index contributed by atoms with van der Waals surface area (Å²) in [5, 5.41) is 10.8. The van der Waals surface area contributed by atoms with Crippen molar-refractivity contribution in [3.63, 3.8) is 0 Å². The van der Waals surface area contributed by atoms with E-state index in [-0.39, 0.29) is 16.9 Å². The summed E-state index contributed by atoms with van der Waals surface area (Å²) in [5.41, 5.74) is 5.73. The predicted octanol–water partition coefficient (Wildman–Crippen LogP) is 8.26. The number of aliphatic hydroxyl groups excluding tert-OH is 1. The molecule has 1 N–H and O–H groups in total. The summed E-state index contributed by atoms with van der Waals surface area (Å²) >= 11 is 0. The molecule has 7 atom stereocenters. The fraction of sp³-hybridized carbons (Fsp3) is 0.800. The Labute approximate surface area is 192 Å². The Morgan fingerprint density at radius 2 is 1.77 bits per heavy atom. The van der Waals surface area contributed by atoms with Gasteiger partial charge in [-0.25, -0.2) is 0 Å². The second-order valence-corrected chi connectivity index (χ2v) is 13.3. The summed E-state index contributed by atoms with van der Waals surface area (Å²) in [5.74, 6) is 2.15. The molecule has 0 saturated heterocycles. The van der Waals surface area contributed by atoms with Gasteiger partial charge in [-0.05, 0) is 116 Å². The van der Waals surface area contributed by atoms with Crippen LogP contribution < -0.4 is 0 Å². The minimum atomic E-state index is -0.164. The Morgan fingerprint density at radius 1 is 1.06 bits per heavy atom. The highest BCUT2D eigenvalue weighted by atomic mass is 16.3. The van der Waals surface area contributed by atoms with Gasteiger partial charge in [-0.3, -0.25) is 0 Å². The second-order valence-electron chi connectivity index (χ2n) is 13.3. The SMILES string of the molecule is CC(C)=CCCC(C)C1CCC2(C)C3=CCC4C(C)(CCC(O)C4(C)C)C3=CCC12C. The van der Waals surface area contributed by atoms with Crippen molar-refractivity contribution >= 4 is 0 Å². The minimum Gasteiger partial charge on any atom is -0.393 e. The Bertz CT molecular complexity index is 808. The summed E-state index contributed by atoms with van der Waals surface area (Å²) < 4.78 is 0. The van der Waals surface area contributed by atoms with Crippen molar-refractivity contribution in [1.82, 2.24) is 0 Å². The molecule has 1 nitrogen and oxygen atoms in total. The van der Waals surface area contributed by atoms with Crippen LogP contribution in [0.25, 0.3) is 0 Å². The van der Waals surface area contributed by atoms with Crippen LogP contribution >= 0.6 is 0 Å². The van der Waals surface area contributed by atoms with E-state index in [1.54, 1.807) is 11.1 Å². The second kappa shape index (κ2) is 7.61. The molecule has 0 radical (unpaired) electrons. The third-order valence-corrected chi connectivity index (χ3v) is 11.1. The van der Waals surface area contributed by atoms with Gasteiger partial charge in [-0.2, -0.15) is 0 Å². The van der Waals surface area contributed by atoms with Gasteiger partial charge in [0.2, 0.25) is 0 Å². The van der Waals surface area contributed by atoms with Gasteiger partial charge in [-0.15, -0.1) is 0 Å². The standard InChI is InChI=1S/C30H48O/c1-20(2)10-9-11-21(3)22-14-18-30(8)24-12-13-25-27(4,5)26(31)16-17-28(25,6)23(24)15-19-29(22,30)7/h10,12,15,21-22,25-26,31H,9,11,13-14,16-19H2,1-8H3. The number of hydrogen-bond donors (Lipinski definition) is 1. The molecule has 0 amide bonds.